The smallest absolute Gasteiger partial charge is 0.320 e. The van der Waals surface area contributed by atoms with E-state index >= 15 is 0 Å². The van der Waals surface area contributed by atoms with Gasteiger partial charge in [-0.25, -0.2) is 8.97 Å². The third kappa shape index (κ3) is 4.01. The van der Waals surface area contributed by atoms with E-state index in [0.717, 1.165) is 22.5 Å². The van der Waals surface area contributed by atoms with Crippen LogP contribution in [-0.4, -0.2) is 56.0 Å². The number of hydrogen-bond donors (Lipinski definition) is 2. The Morgan fingerprint density at radius 1 is 0.974 bits per heavy atom. The van der Waals surface area contributed by atoms with Crippen LogP contribution in [0.25, 0.3) is 0 Å². The highest BCUT2D eigenvalue weighted by atomic mass is 35.5. The average molecular weight is 616 g/mol. The predicted octanol–water partition coefficient (Wildman–Crippen LogP) is 5.04. The molecule has 5 atom stereocenters. The zero-order chi connectivity index (χ0) is 28.0. The number of fused-ring (bicyclic) bond motifs is 4. The molecule has 0 aromatic heterocycles. The van der Waals surface area contributed by atoms with E-state index in [0.29, 0.717) is 53.8 Å². The highest BCUT2D eigenvalue weighted by molar-refractivity contribution is 7.86. The molecular formula is C26H28Cl2N2O7S2+2. The fourth-order valence-electron chi connectivity index (χ4n) is 6.76. The van der Waals surface area contributed by atoms with E-state index in [2.05, 4.69) is 0 Å². The van der Waals surface area contributed by atoms with E-state index in [1.54, 1.807) is 30.3 Å². The maximum absolute atomic E-state index is 12.4. The summed E-state index contributed by atoms with van der Waals surface area (Å²) in [6.07, 6.45) is 4.65. The number of hydrogen-bond acceptors (Lipinski definition) is 5. The Morgan fingerprint density at radius 2 is 1.62 bits per heavy atom. The Hall–Kier alpha value is -1.96. The van der Waals surface area contributed by atoms with Gasteiger partial charge in [0.15, 0.2) is 11.4 Å². The van der Waals surface area contributed by atoms with Gasteiger partial charge in [0.2, 0.25) is 10.7 Å². The van der Waals surface area contributed by atoms with E-state index in [-0.39, 0.29) is 15.4 Å². The van der Waals surface area contributed by atoms with Gasteiger partial charge in [-0.2, -0.15) is 16.8 Å². The van der Waals surface area contributed by atoms with Crippen molar-refractivity contribution in [3.05, 3.63) is 75.4 Å². The molecule has 2 saturated heterocycles. The fraction of sp³-hybridized carbons (Fsp3) is 0.385. The van der Waals surface area contributed by atoms with Gasteiger partial charge in [0.25, 0.3) is 6.23 Å². The van der Waals surface area contributed by atoms with Crippen molar-refractivity contribution in [3.8, 4) is 5.75 Å². The fourth-order valence-corrected chi connectivity index (χ4v) is 9.53. The first-order valence-corrected chi connectivity index (χ1v) is 16.4. The van der Waals surface area contributed by atoms with Gasteiger partial charge in [0.05, 0.1) is 32.4 Å². The van der Waals surface area contributed by atoms with E-state index in [9.17, 15) is 25.9 Å². The highest BCUT2D eigenvalue weighted by Gasteiger charge is 2.64. The number of quaternary nitrogens is 2. The largest absolute Gasteiger partial charge is 0.432 e. The molecule has 2 N–H and O–H groups in total. The topological polar surface area (TPSA) is 118 Å². The summed E-state index contributed by atoms with van der Waals surface area (Å²) in [7, 11) is -8.75. The van der Waals surface area contributed by atoms with Gasteiger partial charge < -0.3 is 4.74 Å². The van der Waals surface area contributed by atoms with Crippen LogP contribution in [0.5, 0.6) is 5.75 Å². The maximum Gasteiger partial charge on any atom is 0.320 e. The Bertz CT molecular complexity index is 1670. The molecule has 4 aliphatic rings. The Morgan fingerprint density at radius 3 is 2.18 bits per heavy atom. The first-order valence-electron chi connectivity index (χ1n) is 12.7. The number of benzene rings is 2. The van der Waals surface area contributed by atoms with E-state index in [4.69, 9.17) is 27.9 Å². The lowest BCUT2D eigenvalue weighted by Gasteiger charge is -2.49. The molecule has 0 amide bonds. The lowest BCUT2D eigenvalue weighted by atomic mass is 10.0. The van der Waals surface area contributed by atoms with Gasteiger partial charge in [-0.1, -0.05) is 36.2 Å². The maximum atomic E-state index is 12.4. The van der Waals surface area contributed by atoms with Gasteiger partial charge in [0.1, 0.15) is 11.4 Å². The first-order chi connectivity index (χ1) is 18.3. The van der Waals surface area contributed by atoms with Crippen LogP contribution in [0.4, 0.5) is 11.4 Å². The third-order valence-corrected chi connectivity index (χ3v) is 11.8. The SMILES string of the molecule is CCC(=CC1Oc2ccc(Cl)cc2[N+]12CCC2S(=O)(=O)O)C=C1Cc2ccc(Cl)cc2[N+]12CCC2S(=O)(=O)O. The van der Waals surface area contributed by atoms with Crippen LogP contribution in [0.3, 0.4) is 0 Å². The van der Waals surface area contributed by atoms with Gasteiger partial charge in [0, 0.05) is 33.8 Å². The third-order valence-electron chi connectivity index (χ3n) is 8.72. The molecule has 13 heteroatoms. The molecule has 5 unspecified atom stereocenters. The summed E-state index contributed by atoms with van der Waals surface area (Å²) >= 11 is 12.6. The number of halogens is 2. The van der Waals surface area contributed by atoms with Crippen LogP contribution in [0, 0.1) is 0 Å². The first kappa shape index (κ1) is 27.2. The molecule has 0 saturated carbocycles. The van der Waals surface area contributed by atoms with Crippen molar-refractivity contribution in [2.75, 3.05) is 13.1 Å². The standard InChI is InChI=1S/C26H26Cl2N2O7S2/c1-2-16(11-20-13-17-3-4-18(27)14-21(17)29(20)9-7-25(29)38(31,32)33)12-24-30(10-8-26(30)39(34,35)36)22-15-19(28)5-6-23(22)37-24/h3-6,11-12,14-15,24-26H,2,7-10,13H2,1H3/p+2. The molecule has 4 aliphatic heterocycles. The second-order valence-electron chi connectivity index (χ2n) is 10.6. The second-order valence-corrected chi connectivity index (χ2v) is 14.6. The minimum atomic E-state index is -4.39. The molecular weight excluding hydrogens is 587 g/mol. The monoisotopic (exact) mass is 614 g/mol. The lowest BCUT2D eigenvalue weighted by molar-refractivity contribution is 0.0351. The van der Waals surface area contributed by atoms with Crippen LogP contribution >= 0.6 is 23.2 Å². The van der Waals surface area contributed by atoms with Crippen LogP contribution < -0.4 is 13.7 Å². The molecule has 0 aliphatic carbocycles. The zero-order valence-electron chi connectivity index (χ0n) is 21.0. The Kier molecular flexibility index (Phi) is 6.30. The van der Waals surface area contributed by atoms with Crippen LogP contribution in [0.2, 0.25) is 10.0 Å². The summed E-state index contributed by atoms with van der Waals surface area (Å²) in [5.41, 5.74) is 3.90. The minimum Gasteiger partial charge on any atom is -0.432 e. The predicted molar refractivity (Wildman–Crippen MR) is 151 cm³/mol. The number of allylic oxidation sites excluding steroid dienone is 3. The van der Waals surface area contributed by atoms with Crippen LogP contribution in [0.1, 0.15) is 31.7 Å². The molecule has 0 radical (unpaired) electrons. The van der Waals surface area contributed by atoms with Crippen molar-refractivity contribution in [2.45, 2.75) is 49.6 Å². The molecule has 4 heterocycles. The van der Waals surface area contributed by atoms with E-state index in [1.807, 2.05) is 25.1 Å². The van der Waals surface area contributed by atoms with Gasteiger partial charge in [-0.05, 0) is 36.3 Å². The molecule has 208 valence electrons. The quantitative estimate of drug-likeness (QED) is 0.358. The van der Waals surface area contributed by atoms with E-state index in [1.165, 1.54) is 0 Å². The summed E-state index contributed by atoms with van der Waals surface area (Å²) in [4.78, 5) is 0. The van der Waals surface area contributed by atoms with Gasteiger partial charge >= 0.3 is 20.2 Å². The molecule has 2 aromatic rings. The molecule has 2 spiro atoms. The second kappa shape index (κ2) is 9.02. The van der Waals surface area contributed by atoms with Gasteiger partial charge in [-0.15, -0.1) is 0 Å². The van der Waals surface area contributed by atoms with Crippen molar-refractivity contribution < 1.29 is 30.7 Å². The molecule has 9 nitrogen and oxygen atoms in total. The van der Waals surface area contributed by atoms with Crippen molar-refractivity contribution in [2.24, 2.45) is 0 Å². The summed E-state index contributed by atoms with van der Waals surface area (Å²) in [6.45, 7) is 2.87. The lowest BCUT2D eigenvalue weighted by Crippen LogP contribution is -2.72. The number of nitrogens with zero attached hydrogens (tertiary/aromatic N) is 2. The molecule has 0 bridgehead atoms. The highest BCUT2D eigenvalue weighted by Crippen LogP contribution is 2.54. The Balaban J connectivity index is 1.46. The normalized spacial score (nSPS) is 32.6. The minimum absolute atomic E-state index is 0.0128. The number of ether oxygens (including phenoxy) is 1. The summed E-state index contributed by atoms with van der Waals surface area (Å²) in [6, 6.07) is 10.5. The van der Waals surface area contributed by atoms with Crippen molar-refractivity contribution in [3.63, 3.8) is 0 Å². The molecule has 2 aromatic carbocycles. The average Bonchev–Trinajstić information content (AvgIpc) is 3.28. The van der Waals surface area contributed by atoms with Crippen molar-refractivity contribution in [1.29, 1.82) is 0 Å². The Labute approximate surface area is 237 Å². The van der Waals surface area contributed by atoms with E-state index < -0.39 is 37.2 Å². The summed E-state index contributed by atoms with van der Waals surface area (Å²) in [5.74, 6) is 0.498. The summed E-state index contributed by atoms with van der Waals surface area (Å²) in [5, 5.41) is -1.22. The van der Waals surface area contributed by atoms with Crippen molar-refractivity contribution >= 4 is 54.8 Å². The molecule has 39 heavy (non-hydrogen) atoms. The molecule has 6 rings (SSSR count). The zero-order valence-corrected chi connectivity index (χ0v) is 24.1. The van der Waals surface area contributed by atoms with Gasteiger partial charge in [-0.3, -0.25) is 9.11 Å². The van der Waals surface area contributed by atoms with Crippen molar-refractivity contribution in [1.82, 2.24) is 8.97 Å². The van der Waals surface area contributed by atoms with Crippen LogP contribution in [0.15, 0.2) is 59.8 Å². The van der Waals surface area contributed by atoms with Crippen LogP contribution in [-0.2, 0) is 26.7 Å². The molecule has 2 fully saturated rings. The summed E-state index contributed by atoms with van der Waals surface area (Å²) < 4.78 is 75.9. The number of rotatable bonds is 5.